The molecule has 3 N–H and O–H groups in total. The molecule has 2 atom stereocenters. The number of aliphatic hydroxyl groups excluding tert-OH is 1. The number of nitrogens with two attached hydrogens (primary N) is 1. The number of benzene rings is 1. The highest BCUT2D eigenvalue weighted by Crippen LogP contribution is 2.39. The lowest BCUT2D eigenvalue weighted by atomic mass is 9.98. The van der Waals surface area contributed by atoms with Crippen molar-refractivity contribution in [3.05, 3.63) is 34.6 Å². The SMILES string of the molecule is N[C@H](c1c(F)cccc1Cl)[C@@H](O)C1CC1. The quantitative estimate of drug-likeness (QED) is 0.835. The molecule has 0 aromatic heterocycles. The van der Waals surface area contributed by atoms with Crippen molar-refractivity contribution in [3.63, 3.8) is 0 Å². The molecule has 1 aliphatic carbocycles. The molecule has 0 aliphatic heterocycles. The fourth-order valence-corrected chi connectivity index (χ4v) is 2.02. The fourth-order valence-electron chi connectivity index (χ4n) is 1.73. The summed E-state index contributed by atoms with van der Waals surface area (Å²) in [4.78, 5) is 0. The molecular weight excluding hydrogens is 217 g/mol. The Morgan fingerprint density at radius 1 is 1.47 bits per heavy atom. The average Bonchev–Trinajstić information content (AvgIpc) is 2.99. The van der Waals surface area contributed by atoms with Crippen molar-refractivity contribution in [2.45, 2.75) is 25.0 Å². The largest absolute Gasteiger partial charge is 0.391 e. The monoisotopic (exact) mass is 229 g/mol. The molecular formula is C11H13ClFNO. The first-order valence-corrected chi connectivity index (χ1v) is 5.36. The second-order valence-corrected chi connectivity index (χ2v) is 4.40. The van der Waals surface area contributed by atoms with Crippen molar-refractivity contribution >= 4 is 11.6 Å². The van der Waals surface area contributed by atoms with Crippen LogP contribution in [0.15, 0.2) is 18.2 Å². The van der Waals surface area contributed by atoms with E-state index in [-0.39, 0.29) is 16.5 Å². The van der Waals surface area contributed by atoms with Crippen LogP contribution in [0.2, 0.25) is 5.02 Å². The van der Waals surface area contributed by atoms with E-state index < -0.39 is 18.0 Å². The van der Waals surface area contributed by atoms with Crippen LogP contribution < -0.4 is 5.73 Å². The zero-order valence-electron chi connectivity index (χ0n) is 8.16. The van der Waals surface area contributed by atoms with Crippen molar-refractivity contribution in [2.75, 3.05) is 0 Å². The molecule has 1 aromatic carbocycles. The van der Waals surface area contributed by atoms with Gasteiger partial charge in [-0.1, -0.05) is 17.7 Å². The van der Waals surface area contributed by atoms with Crippen LogP contribution in [0, 0.1) is 11.7 Å². The molecule has 1 fully saturated rings. The van der Waals surface area contributed by atoms with Crippen molar-refractivity contribution in [1.82, 2.24) is 0 Å². The van der Waals surface area contributed by atoms with Gasteiger partial charge in [0, 0.05) is 10.6 Å². The van der Waals surface area contributed by atoms with Gasteiger partial charge in [-0.25, -0.2) is 4.39 Å². The predicted octanol–water partition coefficient (Wildman–Crippen LogP) is 2.25. The molecule has 0 spiro atoms. The van der Waals surface area contributed by atoms with Crippen LogP contribution >= 0.6 is 11.6 Å². The van der Waals surface area contributed by atoms with E-state index in [0.29, 0.717) is 0 Å². The smallest absolute Gasteiger partial charge is 0.129 e. The lowest BCUT2D eigenvalue weighted by Gasteiger charge is -2.20. The van der Waals surface area contributed by atoms with Crippen LogP contribution in [-0.4, -0.2) is 11.2 Å². The molecule has 1 aliphatic rings. The van der Waals surface area contributed by atoms with Crippen molar-refractivity contribution in [2.24, 2.45) is 11.7 Å². The molecule has 15 heavy (non-hydrogen) atoms. The summed E-state index contributed by atoms with van der Waals surface area (Å²) in [6.45, 7) is 0. The van der Waals surface area contributed by atoms with Gasteiger partial charge in [0.05, 0.1) is 12.1 Å². The molecule has 0 bridgehead atoms. The summed E-state index contributed by atoms with van der Waals surface area (Å²) < 4.78 is 13.5. The van der Waals surface area contributed by atoms with Crippen LogP contribution in [0.4, 0.5) is 4.39 Å². The topological polar surface area (TPSA) is 46.2 Å². The van der Waals surface area contributed by atoms with E-state index >= 15 is 0 Å². The van der Waals surface area contributed by atoms with E-state index in [1.165, 1.54) is 12.1 Å². The van der Waals surface area contributed by atoms with Crippen LogP contribution in [0.1, 0.15) is 24.4 Å². The minimum atomic E-state index is -0.730. The molecule has 2 nitrogen and oxygen atoms in total. The van der Waals surface area contributed by atoms with Gasteiger partial charge in [-0.3, -0.25) is 0 Å². The van der Waals surface area contributed by atoms with Gasteiger partial charge in [0.1, 0.15) is 5.82 Å². The first-order valence-electron chi connectivity index (χ1n) is 4.99. The van der Waals surface area contributed by atoms with E-state index in [1.807, 2.05) is 0 Å². The summed E-state index contributed by atoms with van der Waals surface area (Å²) in [5.41, 5.74) is 6.03. The van der Waals surface area contributed by atoms with Gasteiger partial charge in [0.15, 0.2) is 0 Å². The molecule has 4 heteroatoms. The van der Waals surface area contributed by atoms with Gasteiger partial charge in [0.25, 0.3) is 0 Å². The normalized spacial score (nSPS) is 20.0. The Morgan fingerprint density at radius 3 is 2.67 bits per heavy atom. The van der Waals surface area contributed by atoms with Gasteiger partial charge in [-0.2, -0.15) is 0 Å². The summed E-state index contributed by atoms with van der Waals surface area (Å²) in [6, 6.07) is 3.68. The maximum Gasteiger partial charge on any atom is 0.129 e. The summed E-state index contributed by atoms with van der Waals surface area (Å²) in [6.07, 6.45) is 1.22. The van der Waals surface area contributed by atoms with E-state index in [1.54, 1.807) is 6.07 Å². The highest BCUT2D eigenvalue weighted by Gasteiger charge is 2.35. The lowest BCUT2D eigenvalue weighted by molar-refractivity contribution is 0.121. The lowest BCUT2D eigenvalue weighted by Crippen LogP contribution is -2.29. The summed E-state index contributed by atoms with van der Waals surface area (Å²) in [5, 5.41) is 10.1. The summed E-state index contributed by atoms with van der Waals surface area (Å²) in [7, 11) is 0. The standard InChI is InChI=1S/C11H13ClFNO/c12-7-2-1-3-8(13)9(7)10(14)11(15)6-4-5-6/h1-3,6,10-11,15H,4-5,14H2/t10-,11+/m1/s1. The molecule has 0 unspecified atom stereocenters. The van der Waals surface area contributed by atoms with Gasteiger partial charge in [-0.15, -0.1) is 0 Å². The summed E-state index contributed by atoms with van der Waals surface area (Å²) >= 11 is 5.86. The third-order valence-electron chi connectivity index (χ3n) is 2.81. The summed E-state index contributed by atoms with van der Waals surface area (Å²) in [5.74, 6) is -0.245. The Morgan fingerprint density at radius 2 is 2.13 bits per heavy atom. The highest BCUT2D eigenvalue weighted by molar-refractivity contribution is 6.31. The fraction of sp³-hybridized carbons (Fsp3) is 0.455. The third kappa shape index (κ3) is 2.14. The van der Waals surface area contributed by atoms with Gasteiger partial charge >= 0.3 is 0 Å². The van der Waals surface area contributed by atoms with Crippen molar-refractivity contribution in [1.29, 1.82) is 0 Å². The molecule has 0 amide bonds. The first-order chi connectivity index (χ1) is 7.11. The minimum absolute atomic E-state index is 0.204. The Balaban J connectivity index is 2.27. The van der Waals surface area contributed by atoms with E-state index in [2.05, 4.69) is 0 Å². The van der Waals surface area contributed by atoms with Crippen LogP contribution in [-0.2, 0) is 0 Å². The van der Waals surface area contributed by atoms with Crippen LogP contribution in [0.5, 0.6) is 0 Å². The number of aliphatic hydroxyl groups is 1. The zero-order chi connectivity index (χ0) is 11.0. The first kappa shape index (κ1) is 10.9. The Labute approximate surface area is 92.9 Å². The molecule has 0 heterocycles. The van der Waals surface area contributed by atoms with Crippen LogP contribution in [0.25, 0.3) is 0 Å². The highest BCUT2D eigenvalue weighted by atomic mass is 35.5. The van der Waals surface area contributed by atoms with Crippen molar-refractivity contribution < 1.29 is 9.50 Å². The zero-order valence-corrected chi connectivity index (χ0v) is 8.91. The molecule has 0 saturated heterocycles. The van der Waals surface area contributed by atoms with E-state index in [9.17, 15) is 9.50 Å². The second kappa shape index (κ2) is 4.08. The van der Waals surface area contributed by atoms with Gasteiger partial charge in [0.2, 0.25) is 0 Å². The van der Waals surface area contributed by atoms with Crippen LogP contribution in [0.3, 0.4) is 0 Å². The van der Waals surface area contributed by atoms with E-state index in [4.69, 9.17) is 17.3 Å². The number of halogens is 2. The van der Waals surface area contributed by atoms with Gasteiger partial charge in [-0.05, 0) is 30.9 Å². The predicted molar refractivity (Wildman–Crippen MR) is 57.1 cm³/mol. The average molecular weight is 230 g/mol. The Bertz CT molecular complexity index is 347. The number of hydrogen-bond donors (Lipinski definition) is 2. The third-order valence-corrected chi connectivity index (χ3v) is 3.14. The number of hydrogen-bond acceptors (Lipinski definition) is 2. The van der Waals surface area contributed by atoms with Crippen molar-refractivity contribution in [3.8, 4) is 0 Å². The number of rotatable bonds is 3. The van der Waals surface area contributed by atoms with Gasteiger partial charge < -0.3 is 10.8 Å². The maximum atomic E-state index is 13.5. The molecule has 2 rings (SSSR count). The second-order valence-electron chi connectivity index (χ2n) is 3.99. The Kier molecular flexibility index (Phi) is 2.96. The Hall–Kier alpha value is -0.640. The molecule has 1 saturated carbocycles. The molecule has 0 radical (unpaired) electrons. The molecule has 82 valence electrons. The maximum absolute atomic E-state index is 13.5. The minimum Gasteiger partial charge on any atom is -0.391 e. The van der Waals surface area contributed by atoms with E-state index in [0.717, 1.165) is 12.8 Å². The molecule has 1 aromatic rings.